The van der Waals surface area contributed by atoms with Crippen molar-refractivity contribution in [2.24, 2.45) is 5.73 Å². The van der Waals surface area contributed by atoms with Gasteiger partial charge >= 0.3 is 0 Å². The molecule has 0 atom stereocenters. The topological polar surface area (TPSA) is 42.2 Å². The summed E-state index contributed by atoms with van der Waals surface area (Å²) in [5.74, 6) is 0. The zero-order valence-electron chi connectivity index (χ0n) is 9.53. The maximum Gasteiger partial charge on any atom is 0.186 e. The average Bonchev–Trinajstić information content (AvgIpc) is 2.69. The van der Waals surface area contributed by atoms with E-state index < -0.39 is 0 Å². The molecule has 1 aromatic rings. The Morgan fingerprint density at radius 3 is 2.69 bits per heavy atom. The molecule has 0 saturated heterocycles. The predicted molar refractivity (Wildman–Crippen MR) is 73.1 cm³/mol. The number of aromatic nitrogens is 1. The number of halogens is 1. The van der Waals surface area contributed by atoms with Crippen LogP contribution in [-0.4, -0.2) is 23.6 Å². The minimum atomic E-state index is 0.415. The number of hydrogen-bond acceptors (Lipinski definition) is 4. The van der Waals surface area contributed by atoms with E-state index in [1.54, 1.807) is 11.3 Å². The second-order valence-corrected chi connectivity index (χ2v) is 5.96. The van der Waals surface area contributed by atoms with Crippen molar-refractivity contribution < 1.29 is 0 Å². The van der Waals surface area contributed by atoms with Gasteiger partial charge in [0.1, 0.15) is 4.60 Å². The van der Waals surface area contributed by atoms with E-state index in [-0.39, 0.29) is 0 Å². The molecule has 0 radical (unpaired) electrons. The van der Waals surface area contributed by atoms with Crippen molar-refractivity contribution in [1.82, 2.24) is 4.98 Å². The summed E-state index contributed by atoms with van der Waals surface area (Å²) >= 11 is 5.13. The molecule has 2 N–H and O–H groups in total. The van der Waals surface area contributed by atoms with Crippen LogP contribution in [0.4, 0.5) is 5.13 Å². The van der Waals surface area contributed by atoms with Crippen molar-refractivity contribution in [1.29, 1.82) is 0 Å². The molecule has 5 heteroatoms. The van der Waals surface area contributed by atoms with Crippen molar-refractivity contribution in [3.8, 4) is 0 Å². The van der Waals surface area contributed by atoms with Crippen LogP contribution < -0.4 is 10.6 Å². The molecule has 1 heterocycles. The predicted octanol–water partition coefficient (Wildman–Crippen LogP) is 3.00. The Kier molecular flexibility index (Phi) is 4.21. The van der Waals surface area contributed by atoms with E-state index in [1.165, 1.54) is 12.8 Å². The third-order valence-corrected chi connectivity index (χ3v) is 4.82. The fourth-order valence-electron chi connectivity index (χ4n) is 2.34. The van der Waals surface area contributed by atoms with Gasteiger partial charge in [-0.3, -0.25) is 0 Å². The van der Waals surface area contributed by atoms with Gasteiger partial charge < -0.3 is 10.6 Å². The lowest BCUT2D eigenvalue weighted by Gasteiger charge is -2.35. The molecular weight excluding hydrogens is 286 g/mol. The van der Waals surface area contributed by atoms with Crippen LogP contribution in [0.3, 0.4) is 0 Å². The van der Waals surface area contributed by atoms with Crippen molar-refractivity contribution >= 4 is 32.4 Å². The van der Waals surface area contributed by atoms with E-state index in [4.69, 9.17) is 5.73 Å². The summed E-state index contributed by atoms with van der Waals surface area (Å²) in [6.07, 6.45) is 4.69. The second-order valence-electron chi connectivity index (χ2n) is 4.31. The maximum atomic E-state index is 5.94. The molecule has 3 nitrogen and oxygen atoms in total. The number of nitrogens with zero attached hydrogens (tertiary/aromatic N) is 2. The molecule has 1 saturated carbocycles. The van der Waals surface area contributed by atoms with Crippen LogP contribution in [0.5, 0.6) is 0 Å². The first kappa shape index (κ1) is 12.3. The van der Waals surface area contributed by atoms with Crippen molar-refractivity contribution in [3.63, 3.8) is 0 Å². The minimum Gasteiger partial charge on any atom is -0.345 e. The molecule has 1 aromatic heterocycles. The molecule has 1 aliphatic rings. The lowest BCUT2D eigenvalue weighted by molar-refractivity contribution is 0.378. The van der Waals surface area contributed by atoms with Crippen molar-refractivity contribution in [3.05, 3.63) is 9.98 Å². The largest absolute Gasteiger partial charge is 0.345 e. The third kappa shape index (κ3) is 2.76. The first-order valence-corrected chi connectivity index (χ1v) is 7.51. The van der Waals surface area contributed by atoms with Gasteiger partial charge in [0.05, 0.1) is 0 Å². The Balaban J connectivity index is 2.05. The molecule has 0 unspecified atom stereocenters. The van der Waals surface area contributed by atoms with Crippen LogP contribution in [0, 0.1) is 0 Å². The Hall–Kier alpha value is -0.130. The Morgan fingerprint density at radius 1 is 1.50 bits per heavy atom. The summed E-state index contributed by atoms with van der Waals surface area (Å²) in [6.45, 7) is 3.23. The third-order valence-electron chi connectivity index (χ3n) is 3.23. The molecule has 0 spiro atoms. The second kappa shape index (κ2) is 5.47. The lowest BCUT2D eigenvalue weighted by atomic mass is 9.91. The first-order chi connectivity index (χ1) is 7.70. The van der Waals surface area contributed by atoms with Crippen LogP contribution in [0.2, 0.25) is 0 Å². The molecule has 0 bridgehead atoms. The maximum absolute atomic E-state index is 5.94. The van der Waals surface area contributed by atoms with E-state index in [0.717, 1.165) is 29.1 Å². The lowest BCUT2D eigenvalue weighted by Crippen LogP contribution is -2.40. The first-order valence-electron chi connectivity index (χ1n) is 5.84. The van der Waals surface area contributed by atoms with Crippen LogP contribution in [0.15, 0.2) is 9.98 Å². The van der Waals surface area contributed by atoms with Crippen LogP contribution in [-0.2, 0) is 0 Å². The van der Waals surface area contributed by atoms with E-state index >= 15 is 0 Å². The van der Waals surface area contributed by atoms with E-state index in [0.29, 0.717) is 12.1 Å². The zero-order valence-corrected chi connectivity index (χ0v) is 11.9. The van der Waals surface area contributed by atoms with Crippen LogP contribution >= 0.6 is 27.3 Å². The van der Waals surface area contributed by atoms with Crippen LogP contribution in [0.25, 0.3) is 0 Å². The minimum absolute atomic E-state index is 0.415. The summed E-state index contributed by atoms with van der Waals surface area (Å²) in [6, 6.07) is 1.04. The quantitative estimate of drug-likeness (QED) is 0.933. The normalized spacial score (nSPS) is 25.7. The molecule has 0 aliphatic heterocycles. The van der Waals surface area contributed by atoms with Gasteiger partial charge in [0.2, 0.25) is 0 Å². The van der Waals surface area contributed by atoms with Crippen molar-refractivity contribution in [2.45, 2.75) is 44.7 Å². The van der Waals surface area contributed by atoms with Crippen molar-refractivity contribution in [2.75, 3.05) is 11.4 Å². The number of hydrogen-bond donors (Lipinski definition) is 1. The average molecular weight is 304 g/mol. The van der Waals surface area contributed by atoms with Gasteiger partial charge in [0.25, 0.3) is 0 Å². The highest BCUT2D eigenvalue weighted by molar-refractivity contribution is 9.10. The Bertz CT molecular complexity index is 334. The standard InChI is InChI=1S/C11H18BrN3S/c1-2-15(11-14-10(12)7-16-11)9-5-3-8(13)4-6-9/h7-9H,2-6,13H2,1H3. The highest BCUT2D eigenvalue weighted by Gasteiger charge is 2.24. The smallest absolute Gasteiger partial charge is 0.186 e. The molecule has 2 rings (SSSR count). The summed E-state index contributed by atoms with van der Waals surface area (Å²) in [5, 5.41) is 3.18. The van der Waals surface area contributed by atoms with E-state index in [2.05, 4.69) is 32.7 Å². The van der Waals surface area contributed by atoms with Crippen LogP contribution in [0.1, 0.15) is 32.6 Å². The fourth-order valence-corrected chi connectivity index (χ4v) is 3.73. The molecule has 1 fully saturated rings. The number of rotatable bonds is 3. The van der Waals surface area contributed by atoms with Gasteiger partial charge in [0.15, 0.2) is 5.13 Å². The molecule has 1 aliphatic carbocycles. The molecule has 0 amide bonds. The van der Waals surface area contributed by atoms with Gasteiger partial charge in [-0.25, -0.2) is 4.98 Å². The van der Waals surface area contributed by atoms with E-state index in [1.807, 2.05) is 5.38 Å². The number of nitrogens with two attached hydrogens (primary N) is 1. The Labute approximate surface area is 109 Å². The fraction of sp³-hybridized carbons (Fsp3) is 0.727. The molecule has 90 valence electrons. The van der Waals surface area contributed by atoms with Gasteiger partial charge in [0, 0.05) is 24.0 Å². The molecule has 0 aromatic carbocycles. The SMILES string of the molecule is CCN(c1nc(Br)cs1)C1CCC(N)CC1. The van der Waals surface area contributed by atoms with Gasteiger partial charge in [-0.2, -0.15) is 0 Å². The highest BCUT2D eigenvalue weighted by atomic mass is 79.9. The van der Waals surface area contributed by atoms with E-state index in [9.17, 15) is 0 Å². The number of thiazole rings is 1. The summed E-state index contributed by atoms with van der Waals surface area (Å²) in [4.78, 5) is 6.92. The summed E-state index contributed by atoms with van der Waals surface area (Å²) < 4.78 is 0.943. The summed E-state index contributed by atoms with van der Waals surface area (Å²) in [5.41, 5.74) is 5.94. The highest BCUT2D eigenvalue weighted by Crippen LogP contribution is 2.30. The van der Waals surface area contributed by atoms with Gasteiger partial charge in [-0.1, -0.05) is 0 Å². The van der Waals surface area contributed by atoms with Gasteiger partial charge in [-0.15, -0.1) is 11.3 Å². The Morgan fingerprint density at radius 2 is 2.19 bits per heavy atom. The van der Waals surface area contributed by atoms with Gasteiger partial charge in [-0.05, 0) is 48.5 Å². The monoisotopic (exact) mass is 303 g/mol. The molecule has 16 heavy (non-hydrogen) atoms. The zero-order chi connectivity index (χ0) is 11.5. The molecular formula is C11H18BrN3S. The number of anilines is 1. The summed E-state index contributed by atoms with van der Waals surface area (Å²) in [7, 11) is 0.